The highest BCUT2D eigenvalue weighted by molar-refractivity contribution is 5.79. The van der Waals surface area contributed by atoms with E-state index in [-0.39, 0.29) is 6.10 Å². The van der Waals surface area contributed by atoms with Crippen LogP contribution in [0.15, 0.2) is 0 Å². The molecule has 2 saturated heterocycles. The van der Waals surface area contributed by atoms with Crippen LogP contribution >= 0.6 is 0 Å². The maximum absolute atomic E-state index is 11.7. The maximum atomic E-state index is 11.7. The largest absolute Gasteiger partial charge is 0.381 e. The van der Waals surface area contributed by atoms with Crippen molar-refractivity contribution in [3.63, 3.8) is 0 Å². The minimum Gasteiger partial charge on any atom is -0.381 e. The van der Waals surface area contributed by atoms with Crippen molar-refractivity contribution >= 4 is 5.78 Å². The Morgan fingerprint density at radius 2 is 1.87 bits per heavy atom. The van der Waals surface area contributed by atoms with Gasteiger partial charge >= 0.3 is 0 Å². The van der Waals surface area contributed by atoms with Crippen LogP contribution in [0.1, 0.15) is 38.5 Å². The summed E-state index contributed by atoms with van der Waals surface area (Å²) < 4.78 is 10.7. The average Bonchev–Trinajstić information content (AvgIpc) is 2.71. The molecule has 0 spiro atoms. The van der Waals surface area contributed by atoms with Crippen molar-refractivity contribution in [2.75, 3.05) is 19.8 Å². The van der Waals surface area contributed by atoms with Crippen molar-refractivity contribution < 1.29 is 14.3 Å². The first kappa shape index (κ1) is 11.1. The molecule has 2 fully saturated rings. The van der Waals surface area contributed by atoms with Crippen LogP contribution in [-0.4, -0.2) is 31.7 Å². The monoisotopic (exact) mass is 212 g/mol. The molecule has 2 rings (SSSR count). The molecule has 0 aliphatic carbocycles. The first-order chi connectivity index (χ1) is 7.34. The number of carbonyl (C=O) groups excluding carboxylic acids is 1. The maximum Gasteiger partial charge on any atom is 0.135 e. The second-order valence-corrected chi connectivity index (χ2v) is 4.64. The van der Waals surface area contributed by atoms with Crippen molar-refractivity contribution in [3.05, 3.63) is 0 Å². The fourth-order valence-electron chi connectivity index (χ4n) is 2.42. The lowest BCUT2D eigenvalue weighted by molar-refractivity contribution is -0.122. The first-order valence-electron chi connectivity index (χ1n) is 6.05. The minimum atomic E-state index is 0.220. The molecular weight excluding hydrogens is 192 g/mol. The van der Waals surface area contributed by atoms with Crippen LogP contribution in [0.3, 0.4) is 0 Å². The standard InChI is InChI=1S/C12H20O3/c13-11(9-12-2-1-5-15-12)8-10-3-6-14-7-4-10/h10,12H,1-9H2. The molecule has 2 heterocycles. The Labute approximate surface area is 91.1 Å². The van der Waals surface area contributed by atoms with Gasteiger partial charge in [-0.2, -0.15) is 0 Å². The van der Waals surface area contributed by atoms with Crippen LogP contribution < -0.4 is 0 Å². The number of rotatable bonds is 4. The number of carbonyl (C=O) groups is 1. The second kappa shape index (κ2) is 5.61. The number of Topliss-reactive ketones (excluding diaryl/α,β-unsaturated/α-hetero) is 1. The van der Waals surface area contributed by atoms with E-state index in [2.05, 4.69) is 0 Å². The van der Waals surface area contributed by atoms with E-state index in [1.165, 1.54) is 0 Å². The van der Waals surface area contributed by atoms with E-state index >= 15 is 0 Å². The summed E-state index contributed by atoms with van der Waals surface area (Å²) in [5.41, 5.74) is 0. The predicted octanol–water partition coefficient (Wildman–Crippen LogP) is 1.94. The summed E-state index contributed by atoms with van der Waals surface area (Å²) in [5.74, 6) is 0.946. The smallest absolute Gasteiger partial charge is 0.135 e. The molecule has 1 atom stereocenters. The Morgan fingerprint density at radius 1 is 1.07 bits per heavy atom. The zero-order chi connectivity index (χ0) is 10.5. The van der Waals surface area contributed by atoms with E-state index in [1.54, 1.807) is 0 Å². The molecule has 0 amide bonds. The van der Waals surface area contributed by atoms with E-state index in [9.17, 15) is 4.79 Å². The second-order valence-electron chi connectivity index (χ2n) is 4.64. The zero-order valence-corrected chi connectivity index (χ0v) is 9.24. The topological polar surface area (TPSA) is 35.5 Å². The van der Waals surface area contributed by atoms with Gasteiger partial charge in [0.25, 0.3) is 0 Å². The summed E-state index contributed by atoms with van der Waals surface area (Å²) in [6.07, 6.45) is 5.89. The molecule has 15 heavy (non-hydrogen) atoms. The summed E-state index contributed by atoms with van der Waals surface area (Å²) in [4.78, 5) is 11.7. The van der Waals surface area contributed by atoms with Gasteiger partial charge in [0.1, 0.15) is 5.78 Å². The first-order valence-corrected chi connectivity index (χ1v) is 6.05. The third-order valence-corrected chi connectivity index (χ3v) is 3.34. The van der Waals surface area contributed by atoms with Gasteiger partial charge < -0.3 is 9.47 Å². The normalized spacial score (nSPS) is 28.1. The van der Waals surface area contributed by atoms with Gasteiger partial charge in [0.2, 0.25) is 0 Å². The van der Waals surface area contributed by atoms with Crippen LogP contribution in [0, 0.1) is 5.92 Å². The lowest BCUT2D eigenvalue weighted by atomic mass is 9.92. The molecule has 2 aliphatic heterocycles. The van der Waals surface area contributed by atoms with Crippen LogP contribution in [0.5, 0.6) is 0 Å². The molecule has 0 aromatic carbocycles. The van der Waals surface area contributed by atoms with E-state index in [1.807, 2.05) is 0 Å². The lowest BCUT2D eigenvalue weighted by Gasteiger charge is -2.21. The van der Waals surface area contributed by atoms with Crippen molar-refractivity contribution in [2.24, 2.45) is 5.92 Å². The van der Waals surface area contributed by atoms with Gasteiger partial charge in [-0.3, -0.25) is 4.79 Å². The highest BCUT2D eigenvalue weighted by Gasteiger charge is 2.22. The summed E-state index contributed by atoms with van der Waals surface area (Å²) in [6.45, 7) is 2.50. The molecule has 2 aliphatic rings. The Kier molecular flexibility index (Phi) is 4.15. The fraction of sp³-hybridized carbons (Fsp3) is 0.917. The molecule has 86 valence electrons. The van der Waals surface area contributed by atoms with Crippen molar-refractivity contribution in [3.8, 4) is 0 Å². The molecule has 3 heteroatoms. The summed E-state index contributed by atoms with van der Waals surface area (Å²) in [5, 5.41) is 0. The van der Waals surface area contributed by atoms with E-state index in [4.69, 9.17) is 9.47 Å². The molecule has 0 radical (unpaired) electrons. The van der Waals surface area contributed by atoms with Gasteiger partial charge in [-0.1, -0.05) is 0 Å². The molecular formula is C12H20O3. The van der Waals surface area contributed by atoms with E-state index in [0.29, 0.717) is 18.1 Å². The van der Waals surface area contributed by atoms with Crippen LogP contribution in [0.25, 0.3) is 0 Å². The quantitative estimate of drug-likeness (QED) is 0.714. The van der Waals surface area contributed by atoms with Crippen LogP contribution in [0.2, 0.25) is 0 Å². The molecule has 0 aromatic rings. The molecule has 1 unspecified atom stereocenters. The number of ketones is 1. The van der Waals surface area contributed by atoms with Gasteiger partial charge in [-0.15, -0.1) is 0 Å². The van der Waals surface area contributed by atoms with Gasteiger partial charge in [0, 0.05) is 32.7 Å². The summed E-state index contributed by atoms with van der Waals surface area (Å²) in [6, 6.07) is 0. The highest BCUT2D eigenvalue weighted by atomic mass is 16.5. The van der Waals surface area contributed by atoms with Gasteiger partial charge in [-0.25, -0.2) is 0 Å². The Balaban J connectivity index is 1.66. The SMILES string of the molecule is O=C(CC1CCOCC1)CC1CCCO1. The number of ether oxygens (including phenoxy) is 2. The molecule has 0 N–H and O–H groups in total. The highest BCUT2D eigenvalue weighted by Crippen LogP contribution is 2.22. The van der Waals surface area contributed by atoms with E-state index < -0.39 is 0 Å². The summed E-state index contributed by atoms with van der Waals surface area (Å²) in [7, 11) is 0. The van der Waals surface area contributed by atoms with Gasteiger partial charge in [0.05, 0.1) is 6.10 Å². The summed E-state index contributed by atoms with van der Waals surface area (Å²) >= 11 is 0. The molecule has 3 nitrogen and oxygen atoms in total. The predicted molar refractivity (Wildman–Crippen MR) is 56.8 cm³/mol. The van der Waals surface area contributed by atoms with E-state index in [0.717, 1.165) is 51.9 Å². The van der Waals surface area contributed by atoms with Crippen molar-refractivity contribution in [1.82, 2.24) is 0 Å². The van der Waals surface area contributed by atoms with Crippen molar-refractivity contribution in [2.45, 2.75) is 44.6 Å². The van der Waals surface area contributed by atoms with Gasteiger partial charge in [-0.05, 0) is 31.6 Å². The minimum absolute atomic E-state index is 0.220. The van der Waals surface area contributed by atoms with Crippen molar-refractivity contribution in [1.29, 1.82) is 0 Å². The molecule has 0 bridgehead atoms. The Morgan fingerprint density at radius 3 is 2.53 bits per heavy atom. The molecule has 0 saturated carbocycles. The third-order valence-electron chi connectivity index (χ3n) is 3.34. The van der Waals surface area contributed by atoms with Gasteiger partial charge in [0.15, 0.2) is 0 Å². The fourth-order valence-corrected chi connectivity index (χ4v) is 2.42. The molecule has 0 aromatic heterocycles. The Hall–Kier alpha value is -0.410. The van der Waals surface area contributed by atoms with Crippen LogP contribution in [0.4, 0.5) is 0 Å². The Bertz CT molecular complexity index is 203. The zero-order valence-electron chi connectivity index (χ0n) is 9.24. The average molecular weight is 212 g/mol. The number of hydrogen-bond donors (Lipinski definition) is 0. The third kappa shape index (κ3) is 3.58. The number of hydrogen-bond acceptors (Lipinski definition) is 3. The lowest BCUT2D eigenvalue weighted by Crippen LogP contribution is -2.21. The van der Waals surface area contributed by atoms with Crippen LogP contribution in [-0.2, 0) is 14.3 Å².